The van der Waals surface area contributed by atoms with E-state index in [0.29, 0.717) is 12.2 Å². The van der Waals surface area contributed by atoms with Crippen molar-refractivity contribution in [3.63, 3.8) is 0 Å². The Hall–Kier alpha value is -1.58. The molecule has 0 spiro atoms. The highest BCUT2D eigenvalue weighted by molar-refractivity contribution is 5.95. The smallest absolute Gasteiger partial charge is 0.257 e. The molecule has 0 heterocycles. The van der Waals surface area contributed by atoms with Crippen LogP contribution in [0.3, 0.4) is 0 Å². The first-order valence-corrected chi connectivity index (χ1v) is 5.83. The topological polar surface area (TPSA) is 46.3 Å². The number of hydrogen-bond donors (Lipinski definition) is 1. The van der Waals surface area contributed by atoms with Crippen LogP contribution in [0.15, 0.2) is 18.2 Å². The van der Waals surface area contributed by atoms with Crippen molar-refractivity contribution in [3.8, 4) is 0 Å². The molecular formula is C13H19FN2O. The van der Waals surface area contributed by atoms with E-state index in [9.17, 15) is 9.18 Å². The van der Waals surface area contributed by atoms with Crippen LogP contribution < -0.4 is 5.73 Å². The number of carbonyl (C=O) groups excluding carboxylic acids is 1. The third kappa shape index (κ3) is 3.19. The van der Waals surface area contributed by atoms with E-state index in [2.05, 4.69) is 0 Å². The maximum absolute atomic E-state index is 13.6. The highest BCUT2D eigenvalue weighted by Gasteiger charge is 2.20. The highest BCUT2D eigenvalue weighted by atomic mass is 19.1. The van der Waals surface area contributed by atoms with E-state index in [1.807, 2.05) is 20.8 Å². The molecule has 0 saturated carbocycles. The predicted molar refractivity (Wildman–Crippen MR) is 67.3 cm³/mol. The zero-order valence-corrected chi connectivity index (χ0v) is 10.5. The van der Waals surface area contributed by atoms with Crippen molar-refractivity contribution in [1.82, 2.24) is 4.90 Å². The second-order valence-electron chi connectivity index (χ2n) is 4.33. The third-order valence-electron chi connectivity index (χ3n) is 2.57. The Kier molecular flexibility index (Phi) is 4.49. The monoisotopic (exact) mass is 238 g/mol. The lowest BCUT2D eigenvalue weighted by Gasteiger charge is -2.26. The van der Waals surface area contributed by atoms with Crippen molar-refractivity contribution in [2.75, 3.05) is 12.3 Å². The number of amides is 1. The van der Waals surface area contributed by atoms with Crippen LogP contribution in [0.1, 0.15) is 37.6 Å². The number of hydrogen-bond acceptors (Lipinski definition) is 2. The van der Waals surface area contributed by atoms with E-state index < -0.39 is 5.82 Å². The van der Waals surface area contributed by atoms with Gasteiger partial charge in [0.25, 0.3) is 5.91 Å². The minimum absolute atomic E-state index is 0.0550. The summed E-state index contributed by atoms with van der Waals surface area (Å²) < 4.78 is 13.6. The van der Waals surface area contributed by atoms with E-state index in [4.69, 9.17) is 5.73 Å². The number of nitrogen functional groups attached to an aromatic ring is 1. The van der Waals surface area contributed by atoms with Crippen molar-refractivity contribution in [3.05, 3.63) is 29.6 Å². The van der Waals surface area contributed by atoms with E-state index >= 15 is 0 Å². The van der Waals surface area contributed by atoms with Gasteiger partial charge in [-0.1, -0.05) is 6.92 Å². The molecule has 0 unspecified atom stereocenters. The van der Waals surface area contributed by atoms with Gasteiger partial charge in [0.2, 0.25) is 0 Å². The molecule has 0 fully saturated rings. The SMILES string of the molecule is CCCN(C(=O)c1ccc(N)cc1F)C(C)C. The molecule has 0 aliphatic rings. The Morgan fingerprint density at radius 3 is 2.59 bits per heavy atom. The van der Waals surface area contributed by atoms with Gasteiger partial charge in [0.05, 0.1) is 5.56 Å². The maximum atomic E-state index is 13.6. The summed E-state index contributed by atoms with van der Waals surface area (Å²) in [5, 5.41) is 0. The Labute approximate surface area is 101 Å². The quantitative estimate of drug-likeness (QED) is 0.820. The first-order valence-electron chi connectivity index (χ1n) is 5.83. The molecule has 0 atom stereocenters. The summed E-state index contributed by atoms with van der Waals surface area (Å²) in [4.78, 5) is 13.8. The fourth-order valence-electron chi connectivity index (χ4n) is 1.69. The van der Waals surface area contributed by atoms with Crippen molar-refractivity contribution in [2.45, 2.75) is 33.2 Å². The summed E-state index contributed by atoms with van der Waals surface area (Å²) in [5.41, 5.74) is 5.87. The number of nitrogens with zero attached hydrogens (tertiary/aromatic N) is 1. The summed E-state index contributed by atoms with van der Waals surface area (Å²) in [6.45, 7) is 6.45. The van der Waals surface area contributed by atoms with Gasteiger partial charge in [-0.2, -0.15) is 0 Å². The number of carbonyl (C=O) groups is 1. The molecule has 17 heavy (non-hydrogen) atoms. The first kappa shape index (κ1) is 13.5. The molecule has 0 bridgehead atoms. The second kappa shape index (κ2) is 5.66. The van der Waals surface area contributed by atoms with Crippen molar-refractivity contribution < 1.29 is 9.18 Å². The lowest BCUT2D eigenvalue weighted by molar-refractivity contribution is 0.0701. The van der Waals surface area contributed by atoms with Gasteiger partial charge in [0, 0.05) is 18.3 Å². The van der Waals surface area contributed by atoms with Gasteiger partial charge in [-0.25, -0.2) is 4.39 Å². The molecule has 1 aromatic rings. The van der Waals surface area contributed by atoms with E-state index in [1.54, 1.807) is 11.0 Å². The van der Waals surface area contributed by atoms with Gasteiger partial charge >= 0.3 is 0 Å². The molecule has 94 valence electrons. The minimum atomic E-state index is -0.559. The fraction of sp³-hybridized carbons (Fsp3) is 0.462. The lowest BCUT2D eigenvalue weighted by Crippen LogP contribution is -2.38. The number of anilines is 1. The lowest BCUT2D eigenvalue weighted by atomic mass is 10.1. The van der Waals surface area contributed by atoms with Gasteiger partial charge in [-0.15, -0.1) is 0 Å². The highest BCUT2D eigenvalue weighted by Crippen LogP contribution is 2.15. The maximum Gasteiger partial charge on any atom is 0.257 e. The van der Waals surface area contributed by atoms with Gasteiger partial charge in [-0.05, 0) is 38.5 Å². The molecule has 2 N–H and O–H groups in total. The van der Waals surface area contributed by atoms with E-state index in [0.717, 1.165) is 6.42 Å². The zero-order chi connectivity index (χ0) is 13.0. The van der Waals surface area contributed by atoms with Gasteiger partial charge in [-0.3, -0.25) is 4.79 Å². The average molecular weight is 238 g/mol. The summed E-state index contributed by atoms with van der Waals surface area (Å²) >= 11 is 0. The minimum Gasteiger partial charge on any atom is -0.399 e. The molecule has 0 aliphatic carbocycles. The Morgan fingerprint density at radius 1 is 1.47 bits per heavy atom. The molecule has 4 heteroatoms. The van der Waals surface area contributed by atoms with Gasteiger partial charge in [0.15, 0.2) is 0 Å². The van der Waals surface area contributed by atoms with E-state index in [-0.39, 0.29) is 17.5 Å². The van der Waals surface area contributed by atoms with Crippen LogP contribution >= 0.6 is 0 Å². The number of nitrogens with two attached hydrogens (primary N) is 1. The predicted octanol–water partition coefficient (Wildman–Crippen LogP) is 2.67. The van der Waals surface area contributed by atoms with Crippen LogP contribution in [0.5, 0.6) is 0 Å². The Bertz CT molecular complexity index is 404. The molecule has 0 aliphatic heterocycles. The first-order chi connectivity index (χ1) is 7.97. The van der Waals surface area contributed by atoms with Gasteiger partial charge in [0.1, 0.15) is 5.82 Å². The van der Waals surface area contributed by atoms with Gasteiger partial charge < -0.3 is 10.6 Å². The Morgan fingerprint density at radius 2 is 2.12 bits per heavy atom. The van der Waals surface area contributed by atoms with Crippen LogP contribution in [-0.4, -0.2) is 23.4 Å². The zero-order valence-electron chi connectivity index (χ0n) is 10.5. The number of benzene rings is 1. The van der Waals surface area contributed by atoms with Crippen LogP contribution in [0.2, 0.25) is 0 Å². The van der Waals surface area contributed by atoms with Crippen LogP contribution in [0.25, 0.3) is 0 Å². The molecule has 1 aromatic carbocycles. The summed E-state index contributed by atoms with van der Waals surface area (Å²) in [6, 6.07) is 4.22. The summed E-state index contributed by atoms with van der Waals surface area (Å²) in [5.74, 6) is -0.837. The Balaban J connectivity index is 3.01. The molecule has 3 nitrogen and oxygen atoms in total. The third-order valence-corrected chi connectivity index (χ3v) is 2.57. The molecule has 0 aromatic heterocycles. The molecule has 1 amide bonds. The normalized spacial score (nSPS) is 10.6. The standard InChI is InChI=1S/C13H19FN2O/c1-4-7-16(9(2)3)13(17)11-6-5-10(15)8-12(11)14/h5-6,8-9H,4,7,15H2,1-3H3. The van der Waals surface area contributed by atoms with Crippen LogP contribution in [-0.2, 0) is 0 Å². The molecule has 0 saturated heterocycles. The van der Waals surface area contributed by atoms with Crippen LogP contribution in [0.4, 0.5) is 10.1 Å². The van der Waals surface area contributed by atoms with Crippen molar-refractivity contribution >= 4 is 11.6 Å². The largest absolute Gasteiger partial charge is 0.399 e. The van der Waals surface area contributed by atoms with E-state index in [1.165, 1.54) is 12.1 Å². The molecular weight excluding hydrogens is 219 g/mol. The average Bonchev–Trinajstić information content (AvgIpc) is 2.24. The number of rotatable bonds is 4. The fourth-order valence-corrected chi connectivity index (χ4v) is 1.69. The summed E-state index contributed by atoms with van der Waals surface area (Å²) in [7, 11) is 0. The van der Waals surface area contributed by atoms with Crippen molar-refractivity contribution in [1.29, 1.82) is 0 Å². The summed E-state index contributed by atoms with van der Waals surface area (Å²) in [6.07, 6.45) is 0.848. The number of halogens is 1. The second-order valence-corrected chi connectivity index (χ2v) is 4.33. The van der Waals surface area contributed by atoms with Crippen molar-refractivity contribution in [2.24, 2.45) is 0 Å². The molecule has 0 radical (unpaired) electrons. The molecule has 1 rings (SSSR count). The van der Waals surface area contributed by atoms with Crippen LogP contribution in [0, 0.1) is 5.82 Å².